The molecule has 1 N–H and O–H groups in total. The molecule has 160 valence electrons. The molecule has 2 aromatic carbocycles. The fraction of sp³-hybridized carbons (Fsp3) is 0.292. The normalized spacial score (nSPS) is 16.7. The third-order valence-electron chi connectivity index (χ3n) is 5.57. The number of nitrogens with one attached hydrogen (secondary N) is 1. The first-order valence-corrected chi connectivity index (χ1v) is 10.4. The van der Waals surface area contributed by atoms with E-state index in [9.17, 15) is 9.59 Å². The second-order valence-electron chi connectivity index (χ2n) is 7.77. The molecule has 1 aliphatic heterocycles. The van der Waals surface area contributed by atoms with Crippen molar-refractivity contribution in [2.24, 2.45) is 0 Å². The maximum atomic E-state index is 12.7. The Balaban J connectivity index is 1.41. The van der Waals surface area contributed by atoms with Gasteiger partial charge in [-0.1, -0.05) is 59.8 Å². The van der Waals surface area contributed by atoms with Crippen LogP contribution in [0.2, 0.25) is 0 Å². The molecule has 1 aromatic heterocycles. The van der Waals surface area contributed by atoms with Crippen molar-refractivity contribution < 1.29 is 14.1 Å². The number of carbonyl (C=O) groups is 2. The van der Waals surface area contributed by atoms with Gasteiger partial charge in [0, 0.05) is 32.7 Å². The third-order valence-corrected chi connectivity index (χ3v) is 5.57. The predicted molar refractivity (Wildman–Crippen MR) is 117 cm³/mol. The van der Waals surface area contributed by atoms with Gasteiger partial charge >= 0.3 is 0 Å². The van der Waals surface area contributed by atoms with Crippen molar-refractivity contribution in [2.75, 3.05) is 20.1 Å². The van der Waals surface area contributed by atoms with Crippen LogP contribution < -0.4 is 5.32 Å². The SMILES string of the molecule is CN(Cc1ccno1)C(=O)C[C@H]1C(=O)NCCN1Cc1ccc(-c2ccccc2)cc1. The minimum absolute atomic E-state index is 0.103. The third kappa shape index (κ3) is 5.19. The first kappa shape index (κ1) is 20.8. The minimum atomic E-state index is -0.493. The summed E-state index contributed by atoms with van der Waals surface area (Å²) in [6.45, 7) is 2.23. The van der Waals surface area contributed by atoms with Crippen LogP contribution in [0, 0.1) is 0 Å². The zero-order valence-corrected chi connectivity index (χ0v) is 17.5. The lowest BCUT2D eigenvalue weighted by atomic mass is 10.0. The average Bonchev–Trinajstić information content (AvgIpc) is 3.30. The standard InChI is InChI=1S/C24H26N4O3/c1-27(17-21-11-12-26-31-21)23(29)15-22-24(30)25-13-14-28(22)16-18-7-9-20(10-8-18)19-5-3-2-4-6-19/h2-12,22H,13-17H2,1H3,(H,25,30)/t22-/m0/s1. The molecule has 0 unspecified atom stereocenters. The summed E-state index contributed by atoms with van der Waals surface area (Å²) < 4.78 is 5.07. The smallest absolute Gasteiger partial charge is 0.237 e. The Morgan fingerprint density at radius 3 is 2.58 bits per heavy atom. The van der Waals surface area contributed by atoms with Crippen LogP contribution in [0.15, 0.2) is 71.4 Å². The van der Waals surface area contributed by atoms with Crippen LogP contribution in [0.1, 0.15) is 17.7 Å². The Kier molecular flexibility index (Phi) is 6.43. The molecule has 4 rings (SSSR count). The monoisotopic (exact) mass is 418 g/mol. The molecule has 1 saturated heterocycles. The lowest BCUT2D eigenvalue weighted by molar-refractivity contribution is -0.138. The lowest BCUT2D eigenvalue weighted by Gasteiger charge is -2.35. The first-order chi connectivity index (χ1) is 15.1. The molecule has 3 aromatic rings. The van der Waals surface area contributed by atoms with E-state index in [-0.39, 0.29) is 18.2 Å². The fourth-order valence-corrected chi connectivity index (χ4v) is 3.81. The summed E-state index contributed by atoms with van der Waals surface area (Å²) in [5, 5.41) is 6.55. The Morgan fingerprint density at radius 2 is 1.87 bits per heavy atom. The molecule has 0 spiro atoms. The average molecular weight is 418 g/mol. The van der Waals surface area contributed by atoms with Gasteiger partial charge in [-0.25, -0.2) is 0 Å². The summed E-state index contributed by atoms with van der Waals surface area (Å²) in [4.78, 5) is 28.9. The Hall–Kier alpha value is -3.45. The summed E-state index contributed by atoms with van der Waals surface area (Å²) >= 11 is 0. The van der Waals surface area contributed by atoms with Gasteiger partial charge in [0.2, 0.25) is 11.8 Å². The van der Waals surface area contributed by atoms with Gasteiger partial charge in [-0.15, -0.1) is 0 Å². The van der Waals surface area contributed by atoms with E-state index in [1.165, 1.54) is 5.56 Å². The van der Waals surface area contributed by atoms with E-state index in [1.54, 1.807) is 24.2 Å². The largest absolute Gasteiger partial charge is 0.360 e. The second-order valence-corrected chi connectivity index (χ2v) is 7.77. The lowest BCUT2D eigenvalue weighted by Crippen LogP contribution is -2.56. The second kappa shape index (κ2) is 9.57. The molecule has 2 heterocycles. The van der Waals surface area contributed by atoms with Gasteiger partial charge in [0.1, 0.15) is 0 Å². The molecular weight excluding hydrogens is 392 g/mol. The van der Waals surface area contributed by atoms with Crippen molar-refractivity contribution in [3.8, 4) is 11.1 Å². The zero-order valence-electron chi connectivity index (χ0n) is 17.5. The van der Waals surface area contributed by atoms with E-state index in [0.717, 1.165) is 11.1 Å². The molecule has 0 bridgehead atoms. The number of piperazine rings is 1. The van der Waals surface area contributed by atoms with Gasteiger partial charge in [-0.05, 0) is 16.7 Å². The predicted octanol–water partition coefficient (Wildman–Crippen LogP) is 2.69. The van der Waals surface area contributed by atoms with Crippen molar-refractivity contribution in [1.82, 2.24) is 20.3 Å². The Labute approximate surface area is 181 Å². The van der Waals surface area contributed by atoms with Crippen molar-refractivity contribution in [2.45, 2.75) is 25.6 Å². The summed E-state index contributed by atoms with van der Waals surface area (Å²) in [6, 6.07) is 19.8. The highest BCUT2D eigenvalue weighted by Gasteiger charge is 2.32. The molecular formula is C24H26N4O3. The van der Waals surface area contributed by atoms with Gasteiger partial charge in [0.15, 0.2) is 5.76 Å². The highest BCUT2D eigenvalue weighted by molar-refractivity contribution is 5.88. The number of carbonyl (C=O) groups excluding carboxylic acids is 2. The summed E-state index contributed by atoms with van der Waals surface area (Å²) in [5.41, 5.74) is 3.44. The van der Waals surface area contributed by atoms with Gasteiger partial charge in [-0.3, -0.25) is 14.5 Å². The molecule has 1 fully saturated rings. The summed E-state index contributed by atoms with van der Waals surface area (Å²) in [7, 11) is 1.71. The van der Waals surface area contributed by atoms with Gasteiger partial charge < -0.3 is 14.7 Å². The fourth-order valence-electron chi connectivity index (χ4n) is 3.81. The topological polar surface area (TPSA) is 78.7 Å². The molecule has 2 amide bonds. The number of hydrogen-bond acceptors (Lipinski definition) is 5. The number of amides is 2. The van der Waals surface area contributed by atoms with Crippen LogP contribution in [0.4, 0.5) is 0 Å². The van der Waals surface area contributed by atoms with E-state index < -0.39 is 6.04 Å². The van der Waals surface area contributed by atoms with Crippen LogP contribution in [0.25, 0.3) is 11.1 Å². The first-order valence-electron chi connectivity index (χ1n) is 10.4. The number of rotatable bonds is 7. The van der Waals surface area contributed by atoms with Gasteiger partial charge in [-0.2, -0.15) is 0 Å². The molecule has 31 heavy (non-hydrogen) atoms. The quantitative estimate of drug-likeness (QED) is 0.638. The summed E-state index contributed by atoms with van der Waals surface area (Å²) in [5.74, 6) is 0.399. The highest BCUT2D eigenvalue weighted by Crippen LogP contribution is 2.21. The molecule has 7 heteroatoms. The van der Waals surface area contributed by atoms with E-state index in [2.05, 4.69) is 51.8 Å². The van der Waals surface area contributed by atoms with Crippen molar-refractivity contribution >= 4 is 11.8 Å². The number of aromatic nitrogens is 1. The summed E-state index contributed by atoms with van der Waals surface area (Å²) in [6.07, 6.45) is 1.67. The molecule has 0 saturated carbocycles. The van der Waals surface area contributed by atoms with Crippen molar-refractivity contribution in [1.29, 1.82) is 0 Å². The van der Waals surface area contributed by atoms with Gasteiger partial charge in [0.05, 0.1) is 25.2 Å². The maximum Gasteiger partial charge on any atom is 0.237 e. The van der Waals surface area contributed by atoms with Crippen LogP contribution in [0.5, 0.6) is 0 Å². The van der Waals surface area contributed by atoms with Gasteiger partial charge in [0.25, 0.3) is 0 Å². The van der Waals surface area contributed by atoms with E-state index in [4.69, 9.17) is 4.52 Å². The Bertz CT molecular complexity index is 1000. The van der Waals surface area contributed by atoms with Crippen LogP contribution >= 0.6 is 0 Å². The van der Waals surface area contributed by atoms with E-state index >= 15 is 0 Å². The maximum absolute atomic E-state index is 12.7. The molecule has 7 nitrogen and oxygen atoms in total. The minimum Gasteiger partial charge on any atom is -0.360 e. The van der Waals surface area contributed by atoms with Crippen molar-refractivity contribution in [3.63, 3.8) is 0 Å². The van der Waals surface area contributed by atoms with E-state index in [0.29, 0.717) is 31.9 Å². The highest BCUT2D eigenvalue weighted by atomic mass is 16.5. The number of benzene rings is 2. The number of hydrogen-bond donors (Lipinski definition) is 1. The molecule has 1 aliphatic rings. The van der Waals surface area contributed by atoms with Crippen molar-refractivity contribution in [3.05, 3.63) is 78.2 Å². The molecule has 0 aliphatic carbocycles. The molecule has 0 radical (unpaired) electrons. The van der Waals surface area contributed by atoms with E-state index in [1.807, 2.05) is 18.2 Å². The zero-order chi connectivity index (χ0) is 21.6. The Morgan fingerprint density at radius 1 is 1.13 bits per heavy atom. The molecule has 1 atom stereocenters. The van der Waals surface area contributed by atoms with Crippen LogP contribution in [0.3, 0.4) is 0 Å². The number of nitrogens with zero attached hydrogens (tertiary/aromatic N) is 3. The van der Waals surface area contributed by atoms with Crippen LogP contribution in [-0.2, 0) is 22.7 Å². The van der Waals surface area contributed by atoms with Crippen LogP contribution in [-0.4, -0.2) is 52.9 Å².